The van der Waals surface area contributed by atoms with Crippen LogP contribution in [0.2, 0.25) is 0 Å². The van der Waals surface area contributed by atoms with Crippen LogP contribution in [-0.4, -0.2) is 69.9 Å². The van der Waals surface area contributed by atoms with E-state index >= 15 is 0 Å². The average Bonchev–Trinajstić information content (AvgIpc) is 3.58. The number of amides is 2. The van der Waals surface area contributed by atoms with E-state index in [0.717, 1.165) is 18.4 Å². The molecule has 0 spiro atoms. The summed E-state index contributed by atoms with van der Waals surface area (Å²) in [6, 6.07) is -0.743. The fourth-order valence-electron chi connectivity index (χ4n) is 5.68. The van der Waals surface area contributed by atoms with Gasteiger partial charge in [-0.25, -0.2) is 9.78 Å². The van der Waals surface area contributed by atoms with Crippen LogP contribution in [0.1, 0.15) is 82.7 Å². The van der Waals surface area contributed by atoms with E-state index in [1.807, 2.05) is 20.8 Å². The number of Topliss-reactive ketones (excluding diaryl/α,β-unsaturated/α-hetero) is 1. The molecule has 1 fully saturated rings. The first-order chi connectivity index (χ1) is 20.4. The topological polar surface area (TPSA) is 126 Å². The minimum Gasteiger partial charge on any atom is -0.460 e. The van der Waals surface area contributed by atoms with Gasteiger partial charge in [-0.3, -0.25) is 14.4 Å². The van der Waals surface area contributed by atoms with Crippen molar-refractivity contribution in [2.45, 2.75) is 91.9 Å². The SMILES string of the molecule is CCC(C)CC1C[C@@H]2C(=O)O[C@H](C(C)C)[C@H](C)/C=C/C(=O)NC/C=C/C(C)=C/[C@@H](O)CC(=O)Cc3nc(cs3)C(=O)N2C1. The number of fused-ring (bicyclic) bond motifs is 3. The Morgan fingerprint density at radius 3 is 2.63 bits per heavy atom. The predicted molar refractivity (Wildman–Crippen MR) is 167 cm³/mol. The van der Waals surface area contributed by atoms with Crippen LogP contribution in [0.15, 0.2) is 41.3 Å². The number of aliphatic hydroxyl groups excluding tert-OH is 1. The molecule has 6 atom stereocenters. The van der Waals surface area contributed by atoms with Crippen LogP contribution in [0.4, 0.5) is 0 Å². The van der Waals surface area contributed by atoms with E-state index in [0.29, 0.717) is 23.9 Å². The summed E-state index contributed by atoms with van der Waals surface area (Å²) < 4.78 is 6.08. The Labute approximate surface area is 259 Å². The molecule has 0 aromatic carbocycles. The molecule has 10 heteroatoms. The summed E-state index contributed by atoms with van der Waals surface area (Å²) in [4.78, 5) is 58.5. The number of esters is 1. The maximum atomic E-state index is 13.7. The van der Waals surface area contributed by atoms with Gasteiger partial charge in [-0.2, -0.15) is 0 Å². The van der Waals surface area contributed by atoms with E-state index in [4.69, 9.17) is 4.74 Å². The molecule has 9 nitrogen and oxygen atoms in total. The van der Waals surface area contributed by atoms with Crippen molar-refractivity contribution in [1.29, 1.82) is 0 Å². The molecule has 2 unspecified atom stereocenters. The molecule has 0 radical (unpaired) electrons. The van der Waals surface area contributed by atoms with Gasteiger partial charge < -0.3 is 20.1 Å². The second-order valence-electron chi connectivity index (χ2n) is 12.4. The Balaban J connectivity index is 1.92. The van der Waals surface area contributed by atoms with Gasteiger partial charge in [0.25, 0.3) is 5.91 Å². The van der Waals surface area contributed by atoms with Crippen molar-refractivity contribution in [3.8, 4) is 0 Å². The Bertz CT molecular complexity index is 1230. The van der Waals surface area contributed by atoms with Crippen molar-refractivity contribution in [2.24, 2.45) is 23.7 Å². The van der Waals surface area contributed by atoms with Gasteiger partial charge >= 0.3 is 5.97 Å². The van der Waals surface area contributed by atoms with Gasteiger partial charge in [-0.15, -0.1) is 11.3 Å². The molecule has 1 aromatic rings. The lowest BCUT2D eigenvalue weighted by atomic mass is 9.92. The molecular formula is C33H47N3O6S. The Morgan fingerprint density at radius 2 is 1.93 bits per heavy atom. The molecule has 1 aromatic heterocycles. The summed E-state index contributed by atoms with van der Waals surface area (Å²) in [5.74, 6) is -0.922. The lowest BCUT2D eigenvalue weighted by molar-refractivity contribution is -0.158. The molecule has 2 amide bonds. The van der Waals surface area contributed by atoms with Crippen LogP contribution in [0.3, 0.4) is 0 Å². The van der Waals surface area contributed by atoms with Crippen LogP contribution >= 0.6 is 11.3 Å². The van der Waals surface area contributed by atoms with Gasteiger partial charge in [-0.05, 0) is 43.6 Å². The van der Waals surface area contributed by atoms with E-state index in [2.05, 4.69) is 24.1 Å². The highest BCUT2D eigenvalue weighted by atomic mass is 32.1. The van der Waals surface area contributed by atoms with Crippen LogP contribution in [0.5, 0.6) is 0 Å². The number of aromatic nitrogens is 1. The minimum absolute atomic E-state index is 0.00678. The number of nitrogens with one attached hydrogen (secondary N) is 1. The van der Waals surface area contributed by atoms with E-state index in [1.54, 1.807) is 41.5 Å². The number of carbonyl (C=O) groups excluding carboxylic acids is 4. The van der Waals surface area contributed by atoms with Crippen LogP contribution in [0.25, 0.3) is 0 Å². The summed E-state index contributed by atoms with van der Waals surface area (Å²) in [6.07, 6.45) is 9.21. The molecule has 0 aliphatic carbocycles. The predicted octanol–water partition coefficient (Wildman–Crippen LogP) is 4.67. The zero-order chi connectivity index (χ0) is 31.7. The highest BCUT2D eigenvalue weighted by Gasteiger charge is 2.43. The summed E-state index contributed by atoms with van der Waals surface area (Å²) in [5, 5.41) is 15.3. The number of ketones is 1. The van der Waals surface area contributed by atoms with Gasteiger partial charge in [0.2, 0.25) is 5.91 Å². The fourth-order valence-corrected chi connectivity index (χ4v) is 6.48. The number of cyclic esters (lactones) is 1. The number of nitrogens with zero attached hydrogens (tertiary/aromatic N) is 2. The van der Waals surface area contributed by atoms with Crippen LogP contribution in [0, 0.1) is 23.7 Å². The maximum Gasteiger partial charge on any atom is 0.329 e. The van der Waals surface area contributed by atoms with Gasteiger partial charge in [0.05, 0.1) is 12.5 Å². The zero-order valence-electron chi connectivity index (χ0n) is 26.2. The number of thiazole rings is 1. The standard InChI is InChI=1S/C33H47N3O6S/c1-7-21(4)13-24-15-28-33(41)42-31(20(2)3)23(6)10-11-29(39)34-12-8-9-22(5)14-25(37)16-26(38)17-30-35-27(19-43-30)32(40)36(28)18-24/h8-11,14,19-21,23-25,28,31,37H,7,12-13,15-18H2,1-6H3,(H,34,39)/b9-8+,11-10+,22-14+/t21?,23-,24?,25-,28-,31-/m1/s1. The molecule has 236 valence electrons. The van der Waals surface area contributed by atoms with Crippen molar-refractivity contribution in [3.63, 3.8) is 0 Å². The Morgan fingerprint density at radius 1 is 1.19 bits per heavy atom. The molecule has 2 aliphatic heterocycles. The first-order valence-electron chi connectivity index (χ1n) is 15.3. The molecule has 2 aliphatic rings. The number of carbonyl (C=O) groups is 4. The number of rotatable bonds is 4. The lowest BCUT2D eigenvalue weighted by Crippen LogP contribution is -2.44. The van der Waals surface area contributed by atoms with Crippen molar-refractivity contribution in [1.82, 2.24) is 15.2 Å². The monoisotopic (exact) mass is 613 g/mol. The van der Waals surface area contributed by atoms with Gasteiger partial charge in [0.1, 0.15) is 28.6 Å². The van der Waals surface area contributed by atoms with Gasteiger partial charge in [0.15, 0.2) is 0 Å². The van der Waals surface area contributed by atoms with Crippen molar-refractivity contribution in [2.75, 3.05) is 13.1 Å². The largest absolute Gasteiger partial charge is 0.460 e. The smallest absolute Gasteiger partial charge is 0.329 e. The summed E-state index contributed by atoms with van der Waals surface area (Å²) in [6.45, 7) is 12.7. The highest BCUT2D eigenvalue weighted by molar-refractivity contribution is 7.09. The first kappa shape index (κ1) is 34.4. The number of hydrogen-bond acceptors (Lipinski definition) is 8. The average molecular weight is 614 g/mol. The van der Waals surface area contributed by atoms with Crippen LogP contribution < -0.4 is 5.32 Å². The minimum atomic E-state index is -0.966. The second-order valence-corrected chi connectivity index (χ2v) is 13.3. The molecule has 3 heterocycles. The normalized spacial score (nSPS) is 30.2. The van der Waals surface area contributed by atoms with Gasteiger partial charge in [-0.1, -0.05) is 70.9 Å². The third-order valence-corrected chi connectivity index (χ3v) is 8.97. The molecule has 1 saturated heterocycles. The number of ether oxygens (including phenoxy) is 1. The summed E-state index contributed by atoms with van der Waals surface area (Å²) in [7, 11) is 0. The van der Waals surface area contributed by atoms with E-state index < -0.39 is 24.2 Å². The van der Waals surface area contributed by atoms with E-state index in [-0.39, 0.29) is 60.4 Å². The quantitative estimate of drug-likeness (QED) is 0.473. The second kappa shape index (κ2) is 16.1. The number of hydrogen-bond donors (Lipinski definition) is 2. The van der Waals surface area contributed by atoms with Gasteiger partial charge in [0, 0.05) is 30.8 Å². The van der Waals surface area contributed by atoms with Crippen LogP contribution in [-0.2, 0) is 25.5 Å². The zero-order valence-corrected chi connectivity index (χ0v) is 27.1. The summed E-state index contributed by atoms with van der Waals surface area (Å²) >= 11 is 1.23. The fraction of sp³-hybridized carbons (Fsp3) is 0.606. The van der Waals surface area contributed by atoms with Crippen molar-refractivity contribution >= 4 is 34.9 Å². The van der Waals surface area contributed by atoms with Crippen molar-refractivity contribution in [3.05, 3.63) is 52.0 Å². The summed E-state index contributed by atoms with van der Waals surface area (Å²) in [5.41, 5.74) is 0.963. The molecule has 2 bridgehead atoms. The maximum absolute atomic E-state index is 13.7. The Kier molecular flexibility index (Phi) is 12.9. The number of aliphatic hydroxyl groups is 1. The molecule has 0 saturated carbocycles. The first-order valence-corrected chi connectivity index (χ1v) is 16.2. The van der Waals surface area contributed by atoms with E-state index in [1.165, 1.54) is 17.4 Å². The molecule has 43 heavy (non-hydrogen) atoms. The highest BCUT2D eigenvalue weighted by Crippen LogP contribution is 2.32. The molecular weight excluding hydrogens is 566 g/mol. The number of allylic oxidation sites excluding steroid dienone is 2. The Hall–Kier alpha value is -3.11. The third kappa shape index (κ3) is 10.2. The third-order valence-electron chi connectivity index (χ3n) is 8.12. The van der Waals surface area contributed by atoms with Crippen molar-refractivity contribution < 1.29 is 29.0 Å². The molecule has 2 N–H and O–H groups in total. The lowest BCUT2D eigenvalue weighted by Gasteiger charge is -2.29. The van der Waals surface area contributed by atoms with E-state index in [9.17, 15) is 24.3 Å². The molecule has 3 rings (SSSR count).